The summed E-state index contributed by atoms with van der Waals surface area (Å²) in [5, 5.41) is 10.9. The Labute approximate surface area is 120 Å². The predicted octanol–water partition coefficient (Wildman–Crippen LogP) is 0.342. The molecule has 1 unspecified atom stereocenters. The zero-order valence-electron chi connectivity index (χ0n) is 10.7. The molecule has 1 N–H and O–H groups in total. The summed E-state index contributed by atoms with van der Waals surface area (Å²) in [6.45, 7) is 0. The van der Waals surface area contributed by atoms with Gasteiger partial charge in [0, 0.05) is 6.04 Å². The molecule has 1 atom stereocenters. The molecule has 1 amide bonds. The number of nitrogens with one attached hydrogen (secondary N) is 1. The number of carbonyl (C=O) groups excluding carboxylic acids is 1. The molecule has 1 aliphatic heterocycles. The van der Waals surface area contributed by atoms with Crippen molar-refractivity contribution in [3.63, 3.8) is 0 Å². The molecule has 2 heterocycles. The maximum absolute atomic E-state index is 11.5. The van der Waals surface area contributed by atoms with Gasteiger partial charge in [0.1, 0.15) is 0 Å². The van der Waals surface area contributed by atoms with Gasteiger partial charge in [0.15, 0.2) is 9.84 Å². The van der Waals surface area contributed by atoms with E-state index in [1.807, 2.05) is 0 Å². The molecule has 1 aromatic rings. The topological polar surface area (TPSA) is 102 Å². The fourth-order valence-corrected chi connectivity index (χ4v) is 4.37. The molecule has 7 nitrogen and oxygen atoms in total. The van der Waals surface area contributed by atoms with Crippen LogP contribution in [0.15, 0.2) is 9.64 Å². The fourth-order valence-electron chi connectivity index (χ4n) is 2.06. The van der Waals surface area contributed by atoms with Crippen LogP contribution < -0.4 is 5.32 Å². The van der Waals surface area contributed by atoms with Gasteiger partial charge in [-0.25, -0.2) is 8.42 Å². The highest BCUT2D eigenvalue weighted by atomic mass is 32.2. The van der Waals surface area contributed by atoms with Crippen molar-refractivity contribution in [2.45, 2.75) is 36.4 Å². The summed E-state index contributed by atoms with van der Waals surface area (Å²) in [4.78, 5) is 11.5. The Hall–Kier alpha value is -1.09. The van der Waals surface area contributed by atoms with Gasteiger partial charge in [-0.1, -0.05) is 11.8 Å². The molecule has 9 heteroatoms. The Morgan fingerprint density at radius 1 is 1.35 bits per heavy atom. The molecule has 0 bridgehead atoms. The van der Waals surface area contributed by atoms with Gasteiger partial charge in [0.2, 0.25) is 11.8 Å². The molecular weight excluding hydrogens is 302 g/mol. The van der Waals surface area contributed by atoms with E-state index in [1.54, 1.807) is 0 Å². The number of amides is 1. The summed E-state index contributed by atoms with van der Waals surface area (Å²) in [6, 6.07) is 0.338. The average Bonchev–Trinajstić information content (AvgIpc) is 2.94. The largest absolute Gasteiger partial charge is 0.416 e. The lowest BCUT2D eigenvalue weighted by molar-refractivity contribution is -0.118. The second kappa shape index (κ2) is 5.36. The molecule has 3 rings (SSSR count). The normalized spacial score (nSPS) is 24.7. The first-order chi connectivity index (χ1) is 9.52. The molecule has 0 radical (unpaired) electrons. The van der Waals surface area contributed by atoms with Crippen molar-refractivity contribution in [2.75, 3.05) is 17.3 Å². The number of sulfone groups is 1. The Balaban J connectivity index is 1.52. The van der Waals surface area contributed by atoms with E-state index in [9.17, 15) is 13.2 Å². The summed E-state index contributed by atoms with van der Waals surface area (Å²) in [5.74, 6) is 0.591. The SMILES string of the molecule is O=C(CSc1nnc(C2CCS(=O)(=O)C2)o1)NC1CC1. The molecule has 20 heavy (non-hydrogen) atoms. The van der Waals surface area contributed by atoms with Crippen molar-refractivity contribution in [2.24, 2.45) is 0 Å². The van der Waals surface area contributed by atoms with E-state index >= 15 is 0 Å². The lowest BCUT2D eigenvalue weighted by Crippen LogP contribution is -2.26. The number of hydrogen-bond acceptors (Lipinski definition) is 7. The minimum absolute atomic E-state index is 0.0410. The Kier molecular flexibility index (Phi) is 3.72. The highest BCUT2D eigenvalue weighted by molar-refractivity contribution is 7.99. The summed E-state index contributed by atoms with van der Waals surface area (Å²) in [6.07, 6.45) is 2.63. The van der Waals surface area contributed by atoms with E-state index in [2.05, 4.69) is 15.5 Å². The number of rotatable bonds is 5. The molecule has 1 saturated heterocycles. The van der Waals surface area contributed by atoms with Gasteiger partial charge in [-0.15, -0.1) is 10.2 Å². The highest BCUT2D eigenvalue weighted by Gasteiger charge is 2.32. The maximum atomic E-state index is 11.5. The zero-order chi connectivity index (χ0) is 14.2. The van der Waals surface area contributed by atoms with E-state index in [0.717, 1.165) is 12.8 Å². The average molecular weight is 317 g/mol. The van der Waals surface area contributed by atoms with Gasteiger partial charge in [0.25, 0.3) is 5.22 Å². The van der Waals surface area contributed by atoms with Gasteiger partial charge in [0.05, 0.1) is 23.2 Å². The summed E-state index contributed by atoms with van der Waals surface area (Å²) < 4.78 is 28.2. The van der Waals surface area contributed by atoms with Crippen LogP contribution in [0.3, 0.4) is 0 Å². The third-order valence-electron chi connectivity index (χ3n) is 3.27. The lowest BCUT2D eigenvalue weighted by Gasteiger charge is -2.00. The summed E-state index contributed by atoms with van der Waals surface area (Å²) in [5.41, 5.74) is 0. The number of hydrogen-bond donors (Lipinski definition) is 1. The maximum Gasteiger partial charge on any atom is 0.277 e. The molecule has 0 aromatic carbocycles. The minimum atomic E-state index is -2.97. The Morgan fingerprint density at radius 3 is 2.80 bits per heavy atom. The van der Waals surface area contributed by atoms with Gasteiger partial charge >= 0.3 is 0 Å². The van der Waals surface area contributed by atoms with Crippen LogP contribution in [0.5, 0.6) is 0 Å². The first-order valence-corrected chi connectivity index (χ1v) is 9.28. The van der Waals surface area contributed by atoms with Crippen LogP contribution in [-0.4, -0.2) is 47.8 Å². The van der Waals surface area contributed by atoms with Crippen molar-refractivity contribution in [1.82, 2.24) is 15.5 Å². The van der Waals surface area contributed by atoms with Crippen molar-refractivity contribution in [1.29, 1.82) is 0 Å². The molecular formula is C11H15N3O4S2. The van der Waals surface area contributed by atoms with Crippen LogP contribution >= 0.6 is 11.8 Å². The minimum Gasteiger partial charge on any atom is -0.416 e. The number of carbonyl (C=O) groups is 1. The number of nitrogens with zero attached hydrogens (tertiary/aromatic N) is 2. The summed E-state index contributed by atoms with van der Waals surface area (Å²) in [7, 11) is -2.97. The molecule has 1 aromatic heterocycles. The smallest absolute Gasteiger partial charge is 0.277 e. The third-order valence-corrected chi connectivity index (χ3v) is 5.86. The van der Waals surface area contributed by atoms with Crippen LogP contribution in [0.1, 0.15) is 31.1 Å². The Bertz CT molecular complexity index is 609. The monoisotopic (exact) mass is 317 g/mol. The molecule has 2 aliphatic rings. The lowest BCUT2D eigenvalue weighted by atomic mass is 10.1. The number of thioether (sulfide) groups is 1. The second-order valence-corrected chi connectivity index (χ2v) is 8.29. The molecule has 110 valence electrons. The quantitative estimate of drug-likeness (QED) is 0.781. The molecule has 1 saturated carbocycles. The standard InChI is InChI=1S/C11H15N3O4S2/c15-9(12-8-1-2-8)5-19-11-14-13-10(18-11)7-3-4-20(16,17)6-7/h7-8H,1-6H2,(H,12,15). The Morgan fingerprint density at radius 2 is 2.15 bits per heavy atom. The number of aromatic nitrogens is 2. The van der Waals surface area contributed by atoms with Gasteiger partial charge < -0.3 is 9.73 Å². The van der Waals surface area contributed by atoms with Crippen LogP contribution in [-0.2, 0) is 14.6 Å². The van der Waals surface area contributed by atoms with E-state index < -0.39 is 9.84 Å². The summed E-state index contributed by atoms with van der Waals surface area (Å²) >= 11 is 1.18. The van der Waals surface area contributed by atoms with Crippen molar-refractivity contribution >= 4 is 27.5 Å². The zero-order valence-corrected chi connectivity index (χ0v) is 12.4. The van der Waals surface area contributed by atoms with Crippen molar-refractivity contribution in [3.05, 3.63) is 5.89 Å². The van der Waals surface area contributed by atoms with Gasteiger partial charge in [-0.3, -0.25) is 4.79 Å². The van der Waals surface area contributed by atoms with E-state index in [4.69, 9.17) is 4.42 Å². The molecule has 2 fully saturated rings. The fraction of sp³-hybridized carbons (Fsp3) is 0.727. The van der Waals surface area contributed by atoms with Gasteiger partial charge in [-0.05, 0) is 19.3 Å². The van der Waals surface area contributed by atoms with E-state index in [0.29, 0.717) is 23.6 Å². The van der Waals surface area contributed by atoms with Crippen LogP contribution in [0, 0.1) is 0 Å². The predicted molar refractivity (Wildman–Crippen MR) is 72.2 cm³/mol. The van der Waals surface area contributed by atoms with Crippen LogP contribution in [0.4, 0.5) is 0 Å². The first kappa shape index (κ1) is 13.9. The highest BCUT2D eigenvalue weighted by Crippen LogP contribution is 2.29. The van der Waals surface area contributed by atoms with Crippen LogP contribution in [0.25, 0.3) is 0 Å². The van der Waals surface area contributed by atoms with Crippen LogP contribution in [0.2, 0.25) is 0 Å². The van der Waals surface area contributed by atoms with E-state index in [-0.39, 0.29) is 29.1 Å². The van der Waals surface area contributed by atoms with Crippen molar-refractivity contribution in [3.8, 4) is 0 Å². The van der Waals surface area contributed by atoms with Crippen molar-refractivity contribution < 1.29 is 17.6 Å². The first-order valence-electron chi connectivity index (χ1n) is 6.48. The van der Waals surface area contributed by atoms with Gasteiger partial charge in [-0.2, -0.15) is 0 Å². The second-order valence-electron chi connectivity index (χ2n) is 5.14. The van der Waals surface area contributed by atoms with E-state index in [1.165, 1.54) is 11.8 Å². The molecule has 0 spiro atoms. The third kappa shape index (κ3) is 3.51. The molecule has 1 aliphatic carbocycles.